The van der Waals surface area contributed by atoms with Crippen LogP contribution in [-0.4, -0.2) is 18.0 Å². The second kappa shape index (κ2) is 17.8. The molecule has 4 heterocycles. The molecule has 1 unspecified atom stereocenters. The summed E-state index contributed by atoms with van der Waals surface area (Å²) in [6.45, 7) is 11.7. The fraction of sp³-hybridized carbons (Fsp3) is 0.286. The van der Waals surface area contributed by atoms with Crippen LogP contribution in [0.1, 0.15) is 57.1 Å². The maximum absolute atomic E-state index is 15.0. The van der Waals surface area contributed by atoms with Gasteiger partial charge in [0.25, 0.3) is 0 Å². The molecule has 7 heteroatoms. The zero-order chi connectivity index (χ0) is 42.5. The first-order chi connectivity index (χ1) is 30.1. The molecule has 5 aromatic carbocycles. The summed E-state index contributed by atoms with van der Waals surface area (Å²) in [4.78, 5) is 9.50. The van der Waals surface area contributed by atoms with Crippen LogP contribution in [0.15, 0.2) is 130 Å². The minimum absolute atomic E-state index is 0. The van der Waals surface area contributed by atoms with Crippen LogP contribution in [0.25, 0.3) is 77.5 Å². The van der Waals surface area contributed by atoms with Crippen molar-refractivity contribution in [3.05, 3.63) is 151 Å². The maximum atomic E-state index is 15.0. The van der Waals surface area contributed by atoms with Crippen molar-refractivity contribution >= 4 is 57.1 Å². The molecule has 9 aromatic rings. The summed E-state index contributed by atoms with van der Waals surface area (Å²) in [5.41, 5.74) is 11.3. The van der Waals surface area contributed by atoms with E-state index in [1.807, 2.05) is 60.8 Å². The summed E-state index contributed by atoms with van der Waals surface area (Å²) in [6, 6.07) is 42.9. The number of benzene rings is 5. The quantitative estimate of drug-likeness (QED) is 0.112. The van der Waals surface area contributed by atoms with E-state index in [1.54, 1.807) is 0 Å². The third-order valence-electron chi connectivity index (χ3n) is 13.4. The second-order valence-corrected chi connectivity index (χ2v) is 24.2. The van der Waals surface area contributed by atoms with Crippen LogP contribution < -0.4 is 5.19 Å². The fourth-order valence-electron chi connectivity index (χ4n) is 10.4. The minimum Gasteiger partial charge on any atom is -0.501 e. The van der Waals surface area contributed by atoms with Crippen molar-refractivity contribution in [1.82, 2.24) is 9.97 Å². The van der Waals surface area contributed by atoms with E-state index in [2.05, 4.69) is 105 Å². The van der Waals surface area contributed by atoms with E-state index in [1.165, 1.54) is 54.5 Å². The molecule has 3 fully saturated rings. The van der Waals surface area contributed by atoms with Gasteiger partial charge in [0.2, 0.25) is 0 Å². The zero-order valence-corrected chi connectivity index (χ0v) is 40.1. The van der Waals surface area contributed by atoms with Crippen LogP contribution in [-0.2, 0) is 32.9 Å². The van der Waals surface area contributed by atoms with Gasteiger partial charge in [-0.1, -0.05) is 147 Å². The summed E-state index contributed by atoms with van der Waals surface area (Å²) in [7, 11) is -1.44. The van der Waals surface area contributed by atoms with Crippen molar-refractivity contribution in [2.75, 3.05) is 0 Å². The van der Waals surface area contributed by atoms with Crippen LogP contribution in [0.2, 0.25) is 19.6 Å². The van der Waals surface area contributed by atoms with E-state index in [0.29, 0.717) is 22.5 Å². The molecule has 0 saturated heterocycles. The van der Waals surface area contributed by atoms with Gasteiger partial charge in [0, 0.05) is 49.1 Å². The van der Waals surface area contributed by atoms with E-state index in [0.717, 1.165) is 91.6 Å². The molecule has 0 aliphatic heterocycles. The molecular weight excluding hydrogens is 972 g/mol. The normalized spacial score (nSPS) is 17.3. The van der Waals surface area contributed by atoms with E-state index >= 15 is 4.39 Å². The first kappa shape index (κ1) is 43.1. The van der Waals surface area contributed by atoms with Gasteiger partial charge in [0.1, 0.15) is 11.2 Å². The first-order valence-corrected chi connectivity index (χ1v) is 26.0. The van der Waals surface area contributed by atoms with Gasteiger partial charge in [-0.2, -0.15) is 0 Å². The molecule has 12 rings (SSSR count). The van der Waals surface area contributed by atoms with Crippen LogP contribution in [0.5, 0.6) is 0 Å². The van der Waals surface area contributed by atoms with Crippen molar-refractivity contribution in [3.8, 4) is 33.6 Å². The average Bonchev–Trinajstić information content (AvgIpc) is 3.86. The molecule has 2 bridgehead atoms. The van der Waals surface area contributed by atoms with Crippen LogP contribution in [0.3, 0.4) is 0 Å². The standard InChI is InChI=1S/C32H27FNO.C24H26NOSi.Ir/c33-28-13-12-26(29-18-21(14-15-34-29)17-25-16-20-6-8-23(25)9-7-20)32-31(28)27-11-10-24(19-30(27)35-32)22-4-2-1-3-5-22;1-16(2)13-17-14-21(25-15-23(17)27(3,4)5)20-11-8-10-19-18-9-6-7-12-22(18)26-24(19)20;/h1-5,10-11,13-15,18-20,23,25H,6-9,16-17H2;6-10,12,14-16H,13H2,1-5H3;/q2*-1;. The van der Waals surface area contributed by atoms with Crippen LogP contribution >= 0.6 is 0 Å². The topological polar surface area (TPSA) is 52.1 Å². The largest absolute Gasteiger partial charge is 0.501 e. The first-order valence-electron chi connectivity index (χ1n) is 22.5. The summed E-state index contributed by atoms with van der Waals surface area (Å²) in [5, 5.41) is 5.01. The van der Waals surface area contributed by atoms with Gasteiger partial charge < -0.3 is 18.8 Å². The number of fused-ring (bicyclic) bond motifs is 9. The Morgan fingerprint density at radius 3 is 2.24 bits per heavy atom. The number of aromatic nitrogens is 2. The Kier molecular flexibility index (Phi) is 12.1. The van der Waals surface area contributed by atoms with E-state index in [-0.39, 0.29) is 25.9 Å². The number of furan rings is 2. The molecular formula is C56H53FIrN2O2Si-2. The Bertz CT molecular complexity index is 3070. The number of hydrogen-bond donors (Lipinski definition) is 0. The summed E-state index contributed by atoms with van der Waals surface area (Å²) in [5.74, 6) is 2.87. The van der Waals surface area contributed by atoms with E-state index in [4.69, 9.17) is 13.8 Å². The number of halogens is 1. The molecule has 0 N–H and O–H groups in total. The van der Waals surface area contributed by atoms with Crippen molar-refractivity contribution < 1.29 is 33.3 Å². The summed E-state index contributed by atoms with van der Waals surface area (Å²) in [6.07, 6.45) is 13.1. The van der Waals surface area contributed by atoms with Gasteiger partial charge in [-0.05, 0) is 107 Å². The summed E-state index contributed by atoms with van der Waals surface area (Å²) < 4.78 is 27.5. The van der Waals surface area contributed by atoms with Gasteiger partial charge in [-0.25, -0.2) is 0 Å². The Hall–Kier alpha value is -5.20. The smallest absolute Gasteiger partial charge is 0.121 e. The Morgan fingerprint density at radius 1 is 0.730 bits per heavy atom. The molecule has 0 amide bonds. The molecule has 0 spiro atoms. The van der Waals surface area contributed by atoms with Gasteiger partial charge in [-0.3, -0.25) is 4.39 Å². The number of para-hydroxylation sites is 1. The van der Waals surface area contributed by atoms with Gasteiger partial charge in [-0.15, -0.1) is 30.3 Å². The second-order valence-electron chi connectivity index (χ2n) is 19.2. The molecule has 321 valence electrons. The van der Waals surface area contributed by atoms with Crippen molar-refractivity contribution in [3.63, 3.8) is 0 Å². The SMILES string of the molecule is CC(C)Cc1cc(-c2[c-]ccc3c2oc2ccccc23)ncc1[Si](C)(C)C.Fc1c[c-]c(-c2cc(CC3CC4CCC3CC4)ccn2)c2oc3cc(-c4ccccc4)ccc3c12.[Ir]. The molecule has 63 heavy (non-hydrogen) atoms. The van der Waals surface area contributed by atoms with Crippen molar-refractivity contribution in [2.45, 2.75) is 78.4 Å². The predicted octanol–water partition coefficient (Wildman–Crippen LogP) is 14.8. The van der Waals surface area contributed by atoms with Gasteiger partial charge >= 0.3 is 0 Å². The Labute approximate surface area is 384 Å². The average molecular weight is 1030 g/mol. The number of hydrogen-bond acceptors (Lipinski definition) is 4. The van der Waals surface area contributed by atoms with Crippen molar-refractivity contribution in [2.24, 2.45) is 23.7 Å². The third kappa shape index (κ3) is 8.60. The van der Waals surface area contributed by atoms with Gasteiger partial charge in [0.15, 0.2) is 0 Å². The molecule has 1 atom stereocenters. The molecule has 4 aromatic heterocycles. The monoisotopic (exact) mass is 1030 g/mol. The molecule has 1 radical (unpaired) electrons. The van der Waals surface area contributed by atoms with Gasteiger partial charge in [0.05, 0.1) is 19.2 Å². The third-order valence-corrected chi connectivity index (χ3v) is 15.5. The number of nitrogens with zero attached hydrogens (tertiary/aromatic N) is 2. The molecule has 3 saturated carbocycles. The Morgan fingerprint density at radius 2 is 1.48 bits per heavy atom. The van der Waals surface area contributed by atoms with Crippen molar-refractivity contribution in [1.29, 1.82) is 0 Å². The number of pyridine rings is 2. The predicted molar refractivity (Wildman–Crippen MR) is 256 cm³/mol. The zero-order valence-electron chi connectivity index (χ0n) is 36.7. The molecule has 3 aliphatic carbocycles. The van der Waals surface area contributed by atoms with Crippen LogP contribution in [0.4, 0.5) is 4.39 Å². The Balaban J connectivity index is 0.000000163. The van der Waals surface area contributed by atoms with E-state index in [9.17, 15) is 0 Å². The summed E-state index contributed by atoms with van der Waals surface area (Å²) >= 11 is 0. The number of rotatable bonds is 8. The maximum Gasteiger partial charge on any atom is 0.121 e. The molecule has 3 aliphatic rings. The van der Waals surface area contributed by atoms with Crippen LogP contribution in [0, 0.1) is 41.6 Å². The molecule has 4 nitrogen and oxygen atoms in total. The van der Waals surface area contributed by atoms with E-state index < -0.39 is 8.07 Å². The fourth-order valence-corrected chi connectivity index (χ4v) is 12.0. The minimum atomic E-state index is -1.44.